The number of hydrogen-bond donors (Lipinski definition) is 2. The van der Waals surface area contributed by atoms with Gasteiger partial charge in [-0.15, -0.1) is 0 Å². The molecule has 0 aliphatic heterocycles. The van der Waals surface area contributed by atoms with Crippen LogP contribution in [0.4, 0.5) is 13.2 Å². The average molecular weight is 245 g/mol. The van der Waals surface area contributed by atoms with Crippen molar-refractivity contribution in [3.8, 4) is 0 Å². The van der Waals surface area contributed by atoms with Gasteiger partial charge < -0.3 is 10.5 Å². The molecule has 1 rings (SSSR count). The lowest BCUT2D eigenvalue weighted by Gasteiger charge is -2.29. The number of halogens is 3. The minimum absolute atomic E-state index is 0.143. The van der Waals surface area contributed by atoms with Crippen molar-refractivity contribution in [1.82, 2.24) is 0 Å². The number of nitrogens with one attached hydrogen (secondary N) is 1. The van der Waals surface area contributed by atoms with Crippen molar-refractivity contribution in [3.05, 3.63) is 35.1 Å². The van der Waals surface area contributed by atoms with Crippen LogP contribution in [0.1, 0.15) is 31.9 Å². The van der Waals surface area contributed by atoms with Gasteiger partial charge in [-0.1, -0.05) is 12.1 Å². The number of hydrogen-bond acceptors (Lipinski definition) is 2. The second kappa shape index (κ2) is 4.14. The Kier molecular flexibility index (Phi) is 3.34. The molecule has 0 aliphatic carbocycles. The number of aliphatic hydroxyl groups is 1. The molecule has 0 heterocycles. The number of alkyl halides is 2. The first-order chi connectivity index (χ1) is 7.59. The van der Waals surface area contributed by atoms with E-state index in [0.29, 0.717) is 0 Å². The Morgan fingerprint density at radius 2 is 1.82 bits per heavy atom. The highest BCUT2D eigenvalue weighted by Crippen LogP contribution is 2.40. The molecule has 0 unspecified atom stereocenters. The first-order valence-corrected chi connectivity index (χ1v) is 5.03. The van der Waals surface area contributed by atoms with Crippen molar-refractivity contribution in [2.24, 2.45) is 0 Å². The van der Waals surface area contributed by atoms with Gasteiger partial charge in [0.25, 0.3) is 0 Å². The second-order valence-electron chi connectivity index (χ2n) is 4.43. The summed E-state index contributed by atoms with van der Waals surface area (Å²) in [5, 5.41) is 16.7. The summed E-state index contributed by atoms with van der Waals surface area (Å²) in [7, 11) is 0. The highest BCUT2D eigenvalue weighted by atomic mass is 19.3. The zero-order valence-corrected chi connectivity index (χ0v) is 9.81. The second-order valence-corrected chi connectivity index (χ2v) is 4.43. The molecule has 0 fully saturated rings. The molecule has 0 atom stereocenters. The first-order valence-electron chi connectivity index (χ1n) is 5.03. The minimum atomic E-state index is -3.72. The molecule has 0 spiro atoms. The Hall–Kier alpha value is -1.36. The van der Waals surface area contributed by atoms with Crippen molar-refractivity contribution in [2.75, 3.05) is 0 Å². The molecular formula is C12H14F3NO. The van der Waals surface area contributed by atoms with E-state index < -0.39 is 22.9 Å². The van der Waals surface area contributed by atoms with Gasteiger partial charge in [0.1, 0.15) is 11.4 Å². The molecule has 1 aromatic rings. The van der Waals surface area contributed by atoms with Gasteiger partial charge in [0.15, 0.2) is 0 Å². The highest BCUT2D eigenvalue weighted by molar-refractivity contribution is 5.96. The maximum atomic E-state index is 13.8. The monoisotopic (exact) mass is 245 g/mol. The Bertz CT molecular complexity index is 450. The van der Waals surface area contributed by atoms with Gasteiger partial charge >= 0.3 is 5.92 Å². The van der Waals surface area contributed by atoms with Crippen LogP contribution in [0.5, 0.6) is 0 Å². The van der Waals surface area contributed by atoms with Gasteiger partial charge in [0.05, 0.1) is 5.56 Å². The number of rotatable bonds is 3. The summed E-state index contributed by atoms with van der Waals surface area (Å²) in [5.41, 5.74) is -3.60. The predicted molar refractivity (Wildman–Crippen MR) is 59.1 cm³/mol. The molecule has 0 saturated heterocycles. The van der Waals surface area contributed by atoms with E-state index in [1.54, 1.807) is 0 Å². The van der Waals surface area contributed by atoms with E-state index in [0.717, 1.165) is 19.9 Å². The maximum Gasteiger partial charge on any atom is 0.303 e. The fourth-order valence-electron chi connectivity index (χ4n) is 1.39. The summed E-state index contributed by atoms with van der Waals surface area (Å²) >= 11 is 0. The van der Waals surface area contributed by atoms with E-state index >= 15 is 0 Å². The molecule has 2 nitrogen and oxygen atoms in total. The van der Waals surface area contributed by atoms with Gasteiger partial charge in [-0.25, -0.2) is 4.39 Å². The van der Waals surface area contributed by atoms with E-state index in [9.17, 15) is 18.3 Å². The summed E-state index contributed by atoms with van der Waals surface area (Å²) in [6.07, 6.45) is 0. The topological polar surface area (TPSA) is 44.1 Å². The van der Waals surface area contributed by atoms with Gasteiger partial charge in [-0.2, -0.15) is 8.78 Å². The molecule has 0 radical (unpaired) electrons. The van der Waals surface area contributed by atoms with Crippen LogP contribution in [0.3, 0.4) is 0 Å². The molecule has 94 valence electrons. The molecule has 0 amide bonds. The van der Waals surface area contributed by atoms with Gasteiger partial charge in [-0.05, 0) is 26.8 Å². The van der Waals surface area contributed by atoms with Crippen LogP contribution in [0.15, 0.2) is 18.2 Å². The molecule has 1 aromatic carbocycles. The third-order valence-electron chi connectivity index (χ3n) is 2.51. The van der Waals surface area contributed by atoms with Crippen LogP contribution in [-0.2, 0) is 5.92 Å². The average Bonchev–Trinajstić information content (AvgIpc) is 2.15. The van der Waals surface area contributed by atoms with E-state index in [4.69, 9.17) is 5.41 Å². The van der Waals surface area contributed by atoms with Crippen LogP contribution in [0, 0.1) is 11.2 Å². The van der Waals surface area contributed by atoms with Crippen molar-refractivity contribution in [2.45, 2.75) is 32.3 Å². The van der Waals surface area contributed by atoms with Crippen LogP contribution in [0.2, 0.25) is 0 Å². The Morgan fingerprint density at radius 1 is 1.29 bits per heavy atom. The van der Waals surface area contributed by atoms with Crippen molar-refractivity contribution >= 4 is 5.71 Å². The first kappa shape index (κ1) is 13.7. The molecule has 5 heteroatoms. The summed E-state index contributed by atoms with van der Waals surface area (Å²) in [4.78, 5) is 0. The smallest absolute Gasteiger partial charge is 0.303 e. The summed E-state index contributed by atoms with van der Waals surface area (Å²) in [6.45, 7) is 3.14. The lowest BCUT2D eigenvalue weighted by molar-refractivity contribution is -0.170. The van der Waals surface area contributed by atoms with Crippen molar-refractivity contribution in [3.63, 3.8) is 0 Å². The molecular weight excluding hydrogens is 231 g/mol. The van der Waals surface area contributed by atoms with Crippen LogP contribution < -0.4 is 0 Å². The quantitative estimate of drug-likeness (QED) is 0.790. The molecule has 0 aliphatic rings. The Morgan fingerprint density at radius 3 is 2.24 bits per heavy atom. The van der Waals surface area contributed by atoms with Crippen molar-refractivity contribution in [1.29, 1.82) is 5.41 Å². The van der Waals surface area contributed by atoms with E-state index in [1.807, 2.05) is 0 Å². The fourth-order valence-corrected chi connectivity index (χ4v) is 1.39. The standard InChI is InChI=1S/C12H14F3NO/c1-7(16)8-5-4-6-9(10(8)13)12(14,15)11(2,3)17/h4-6,16-17H,1-3H3. The summed E-state index contributed by atoms with van der Waals surface area (Å²) in [5.74, 6) is -4.88. The third-order valence-corrected chi connectivity index (χ3v) is 2.51. The largest absolute Gasteiger partial charge is 0.384 e. The van der Waals surface area contributed by atoms with Gasteiger partial charge in [-0.3, -0.25) is 0 Å². The number of benzene rings is 1. The molecule has 17 heavy (non-hydrogen) atoms. The highest BCUT2D eigenvalue weighted by Gasteiger charge is 2.49. The fraction of sp³-hybridized carbons (Fsp3) is 0.417. The zero-order chi connectivity index (χ0) is 13.4. The summed E-state index contributed by atoms with van der Waals surface area (Å²) < 4.78 is 41.4. The maximum absolute atomic E-state index is 13.8. The van der Waals surface area contributed by atoms with Crippen LogP contribution in [-0.4, -0.2) is 16.4 Å². The lowest BCUT2D eigenvalue weighted by Crippen LogP contribution is -2.41. The molecule has 2 N–H and O–H groups in total. The summed E-state index contributed by atoms with van der Waals surface area (Å²) in [6, 6.07) is 3.41. The van der Waals surface area contributed by atoms with Gasteiger partial charge in [0, 0.05) is 11.3 Å². The molecule has 0 bridgehead atoms. The zero-order valence-electron chi connectivity index (χ0n) is 9.81. The third kappa shape index (κ3) is 2.34. The normalized spacial score (nSPS) is 12.6. The van der Waals surface area contributed by atoms with E-state index in [2.05, 4.69) is 0 Å². The lowest BCUT2D eigenvalue weighted by atomic mass is 9.91. The van der Waals surface area contributed by atoms with Gasteiger partial charge in [0.2, 0.25) is 0 Å². The van der Waals surface area contributed by atoms with Crippen molar-refractivity contribution < 1.29 is 18.3 Å². The molecule has 0 aromatic heterocycles. The van der Waals surface area contributed by atoms with Crippen LogP contribution >= 0.6 is 0 Å². The predicted octanol–water partition coefficient (Wildman–Crippen LogP) is 3.08. The Labute approximate surface area is 97.6 Å². The molecule has 0 saturated carbocycles. The minimum Gasteiger partial charge on any atom is -0.384 e. The van der Waals surface area contributed by atoms with E-state index in [1.165, 1.54) is 19.1 Å². The van der Waals surface area contributed by atoms with Crippen LogP contribution in [0.25, 0.3) is 0 Å². The SMILES string of the molecule is CC(=N)c1cccc(C(F)(F)C(C)(C)O)c1F. The van der Waals surface area contributed by atoms with E-state index in [-0.39, 0.29) is 11.3 Å². The Balaban J connectivity index is 3.44.